The Morgan fingerprint density at radius 3 is 1.34 bits per heavy atom. The molecular weight excluding hydrogens is 933 g/mol. The third-order valence-electron chi connectivity index (χ3n) is 16.5. The average Bonchev–Trinajstić information content (AvgIpc) is 4.27. The van der Waals surface area contributed by atoms with Gasteiger partial charge in [0, 0.05) is 32.8 Å². The molecule has 12 aromatic carbocycles. The van der Waals surface area contributed by atoms with E-state index in [-0.39, 0.29) is 0 Å². The highest BCUT2D eigenvalue weighted by molar-refractivity contribution is 7.19. The summed E-state index contributed by atoms with van der Waals surface area (Å²) in [4.78, 5) is 0. The number of aromatic nitrogens is 2. The summed E-state index contributed by atoms with van der Waals surface area (Å²) < 4.78 is 5.12. The molecule has 1 aliphatic carbocycles. The van der Waals surface area contributed by atoms with Crippen LogP contribution in [-0.2, 0) is 5.41 Å². The number of para-hydroxylation sites is 4. The van der Waals surface area contributed by atoms with Gasteiger partial charge in [-0.3, -0.25) is 0 Å². The summed E-state index contributed by atoms with van der Waals surface area (Å²) in [7, 11) is -2.86. The van der Waals surface area contributed by atoms with Gasteiger partial charge in [0.1, 0.15) is 0 Å². The number of rotatable bonds is 9. The van der Waals surface area contributed by atoms with Crippen molar-refractivity contribution in [1.82, 2.24) is 9.13 Å². The topological polar surface area (TPSA) is 9.86 Å². The quantitative estimate of drug-likeness (QED) is 0.101. The standard InChI is InChI=1S/C73H50N2Si/c1-6-25-52(26-7-1)73(53-27-8-2-9-28-53)66-43-19-16-37-60(66)61-48-47-51(49-67(61)73)59-40-23-41-64-62-38-18-21-45-69(62)75(71(59)64)70-46-24-42-65-63-39-17-20-44-68(63)74(72(65)70)54-29-22-36-58(50-54)76(55-30-10-3-11-31-55,56-32-12-4-13-33-56)57-34-14-5-15-35-57/h1-50H. The molecule has 0 saturated heterocycles. The Morgan fingerprint density at radius 2 is 0.724 bits per heavy atom. The second kappa shape index (κ2) is 17.6. The molecule has 0 atom stereocenters. The van der Waals surface area contributed by atoms with E-state index >= 15 is 0 Å². The van der Waals surface area contributed by atoms with Crippen LogP contribution in [0, 0.1) is 0 Å². The summed E-state index contributed by atoms with van der Waals surface area (Å²) in [6, 6.07) is 114. The van der Waals surface area contributed by atoms with Crippen molar-refractivity contribution in [3.8, 4) is 33.6 Å². The van der Waals surface area contributed by atoms with Gasteiger partial charge < -0.3 is 9.13 Å². The van der Waals surface area contributed by atoms with E-state index in [4.69, 9.17) is 0 Å². The zero-order valence-electron chi connectivity index (χ0n) is 41.8. The summed E-state index contributed by atoms with van der Waals surface area (Å²) in [5.74, 6) is 0. The number of hydrogen-bond acceptors (Lipinski definition) is 0. The fourth-order valence-electron chi connectivity index (χ4n) is 13.5. The Kier molecular flexibility index (Phi) is 10.2. The second-order valence-electron chi connectivity index (χ2n) is 20.3. The van der Waals surface area contributed by atoms with Gasteiger partial charge in [-0.1, -0.05) is 267 Å². The van der Waals surface area contributed by atoms with Crippen LogP contribution >= 0.6 is 0 Å². The SMILES string of the molecule is c1ccc(C2(c3ccccc3)c3ccccc3-c3ccc(-c4cccc5c6ccccc6n(-c6cccc7c8ccccc8n(-c8cccc([Si](c9ccccc9)(c9ccccc9)c9ccccc9)c8)c67)c45)cc32)cc1. The first-order valence-corrected chi connectivity index (χ1v) is 28.4. The molecule has 1 aliphatic rings. The van der Waals surface area contributed by atoms with E-state index in [0.717, 1.165) is 11.4 Å². The van der Waals surface area contributed by atoms with Crippen LogP contribution in [0.1, 0.15) is 22.3 Å². The highest BCUT2D eigenvalue weighted by Gasteiger charge is 2.46. The van der Waals surface area contributed by atoms with Crippen molar-refractivity contribution in [2.24, 2.45) is 0 Å². The average molecular weight is 983 g/mol. The molecule has 2 heterocycles. The third-order valence-corrected chi connectivity index (χ3v) is 21.3. The van der Waals surface area contributed by atoms with Crippen LogP contribution in [0.15, 0.2) is 303 Å². The van der Waals surface area contributed by atoms with Crippen molar-refractivity contribution in [3.05, 3.63) is 326 Å². The van der Waals surface area contributed by atoms with Crippen molar-refractivity contribution in [2.75, 3.05) is 0 Å². The van der Waals surface area contributed by atoms with Crippen LogP contribution in [0.25, 0.3) is 77.2 Å². The fourth-order valence-corrected chi connectivity index (χ4v) is 18.3. The van der Waals surface area contributed by atoms with Crippen molar-refractivity contribution in [3.63, 3.8) is 0 Å². The predicted molar refractivity (Wildman–Crippen MR) is 321 cm³/mol. The van der Waals surface area contributed by atoms with Crippen molar-refractivity contribution in [2.45, 2.75) is 5.41 Å². The monoisotopic (exact) mass is 982 g/mol. The van der Waals surface area contributed by atoms with E-state index in [1.54, 1.807) is 0 Å². The van der Waals surface area contributed by atoms with Crippen molar-refractivity contribution < 1.29 is 0 Å². The van der Waals surface area contributed by atoms with E-state index in [2.05, 4.69) is 312 Å². The molecule has 356 valence electrons. The maximum absolute atomic E-state index is 2.86. The zero-order valence-corrected chi connectivity index (χ0v) is 42.8. The summed E-state index contributed by atoms with van der Waals surface area (Å²) >= 11 is 0. The zero-order chi connectivity index (χ0) is 50.2. The molecule has 2 nitrogen and oxygen atoms in total. The molecule has 76 heavy (non-hydrogen) atoms. The fraction of sp³-hybridized carbons (Fsp3) is 0.0137. The molecule has 0 bridgehead atoms. The summed E-state index contributed by atoms with van der Waals surface area (Å²) in [5, 5.41) is 10.3. The van der Waals surface area contributed by atoms with E-state index in [1.807, 2.05) is 0 Å². The molecule has 0 N–H and O–H groups in total. The van der Waals surface area contributed by atoms with Gasteiger partial charge in [0.05, 0.1) is 33.2 Å². The molecule has 2 aromatic heterocycles. The third kappa shape index (κ3) is 6.33. The molecule has 0 radical (unpaired) electrons. The molecule has 3 heteroatoms. The largest absolute Gasteiger partial charge is 0.307 e. The maximum atomic E-state index is 2.57. The lowest BCUT2D eigenvalue weighted by molar-refractivity contribution is 0.769. The normalized spacial score (nSPS) is 12.8. The van der Waals surface area contributed by atoms with Gasteiger partial charge in [-0.15, -0.1) is 0 Å². The first-order valence-electron chi connectivity index (χ1n) is 26.4. The smallest absolute Gasteiger partial charge is 0.179 e. The first kappa shape index (κ1) is 44.0. The van der Waals surface area contributed by atoms with Gasteiger partial charge in [0.2, 0.25) is 0 Å². The van der Waals surface area contributed by atoms with E-state index < -0.39 is 13.5 Å². The lowest BCUT2D eigenvalue weighted by Gasteiger charge is -2.34. The van der Waals surface area contributed by atoms with Crippen LogP contribution in [0.2, 0.25) is 0 Å². The molecule has 0 saturated carbocycles. The second-order valence-corrected chi connectivity index (χ2v) is 24.1. The Labute approximate surface area is 443 Å². The highest BCUT2D eigenvalue weighted by atomic mass is 28.3. The summed E-state index contributed by atoms with van der Waals surface area (Å²) in [6.07, 6.45) is 0. The maximum Gasteiger partial charge on any atom is 0.179 e. The Morgan fingerprint density at radius 1 is 0.276 bits per heavy atom. The molecule has 0 unspecified atom stereocenters. The van der Waals surface area contributed by atoms with Crippen LogP contribution in [-0.4, -0.2) is 17.2 Å². The van der Waals surface area contributed by atoms with E-state index in [1.165, 1.54) is 109 Å². The minimum atomic E-state index is -2.86. The lowest BCUT2D eigenvalue weighted by atomic mass is 9.67. The first-order chi connectivity index (χ1) is 37.7. The van der Waals surface area contributed by atoms with E-state index in [0.29, 0.717) is 0 Å². The molecule has 0 amide bonds. The van der Waals surface area contributed by atoms with Gasteiger partial charge in [-0.2, -0.15) is 0 Å². The Bertz CT molecular complexity index is 4360. The van der Waals surface area contributed by atoms with Gasteiger partial charge in [0.25, 0.3) is 0 Å². The number of fused-ring (bicyclic) bond motifs is 9. The van der Waals surface area contributed by atoms with Crippen LogP contribution in [0.5, 0.6) is 0 Å². The van der Waals surface area contributed by atoms with Crippen LogP contribution in [0.4, 0.5) is 0 Å². The van der Waals surface area contributed by atoms with Gasteiger partial charge >= 0.3 is 0 Å². The van der Waals surface area contributed by atoms with Crippen LogP contribution < -0.4 is 20.7 Å². The highest BCUT2D eigenvalue weighted by Crippen LogP contribution is 2.57. The van der Waals surface area contributed by atoms with Gasteiger partial charge in [-0.05, 0) is 96.1 Å². The molecule has 0 spiro atoms. The predicted octanol–water partition coefficient (Wildman–Crippen LogP) is 15.3. The number of benzene rings is 12. The van der Waals surface area contributed by atoms with Crippen LogP contribution in [0.3, 0.4) is 0 Å². The van der Waals surface area contributed by atoms with Crippen molar-refractivity contribution >= 4 is 72.4 Å². The molecule has 15 rings (SSSR count). The molecule has 0 aliphatic heterocycles. The Balaban J connectivity index is 1.01. The summed E-state index contributed by atoms with van der Waals surface area (Å²) in [5.41, 5.74) is 16.5. The lowest BCUT2D eigenvalue weighted by Crippen LogP contribution is -2.74. The molecule has 0 fully saturated rings. The molecular formula is C73H50N2Si. The van der Waals surface area contributed by atoms with Crippen molar-refractivity contribution in [1.29, 1.82) is 0 Å². The minimum Gasteiger partial charge on any atom is -0.307 e. The van der Waals surface area contributed by atoms with Gasteiger partial charge in [0.15, 0.2) is 8.07 Å². The number of hydrogen-bond donors (Lipinski definition) is 0. The summed E-state index contributed by atoms with van der Waals surface area (Å²) in [6.45, 7) is 0. The van der Waals surface area contributed by atoms with E-state index in [9.17, 15) is 0 Å². The van der Waals surface area contributed by atoms with Gasteiger partial charge in [-0.25, -0.2) is 0 Å². The number of nitrogens with zero attached hydrogens (tertiary/aromatic N) is 2. The molecule has 14 aromatic rings. The Hall–Kier alpha value is -9.54. The minimum absolute atomic E-state index is 0.520.